The molecule has 3 aromatic rings. The van der Waals surface area contributed by atoms with Crippen LogP contribution in [-0.2, 0) is 11.3 Å². The number of primary amides is 1. The summed E-state index contributed by atoms with van der Waals surface area (Å²) in [6.07, 6.45) is -0.742. The Labute approximate surface area is 144 Å². The smallest absolute Gasteiger partial charge is 0.404 e. The van der Waals surface area contributed by atoms with Crippen molar-refractivity contribution in [1.29, 1.82) is 0 Å². The number of nitrogens with two attached hydrogens (primary N) is 1. The van der Waals surface area contributed by atoms with E-state index in [1.54, 1.807) is 24.3 Å². The molecule has 0 atom stereocenters. The van der Waals surface area contributed by atoms with Crippen molar-refractivity contribution in [3.63, 3.8) is 0 Å². The zero-order valence-electron chi connectivity index (χ0n) is 13.3. The van der Waals surface area contributed by atoms with Crippen molar-refractivity contribution in [3.8, 4) is 5.75 Å². The summed E-state index contributed by atoms with van der Waals surface area (Å²) >= 11 is 0. The normalized spacial score (nSPS) is 9.76. The maximum absolute atomic E-state index is 10.7. The molecule has 0 aliphatic rings. The van der Waals surface area contributed by atoms with Gasteiger partial charge in [-0.15, -0.1) is 0 Å². The number of phenols is 1. The summed E-state index contributed by atoms with van der Waals surface area (Å²) in [6.45, 7) is 0.246. The topological polar surface area (TPSA) is 110 Å². The first-order valence-electron chi connectivity index (χ1n) is 7.38. The number of carbonyl (C=O) groups excluding carboxylic acids is 1. The molecule has 3 aromatic carbocycles. The van der Waals surface area contributed by atoms with Gasteiger partial charge in [-0.3, -0.25) is 0 Å². The second-order valence-electron chi connectivity index (χ2n) is 5.14. The summed E-state index contributed by atoms with van der Waals surface area (Å²) in [5.41, 5.74) is 5.97. The fourth-order valence-corrected chi connectivity index (χ4v) is 2.09. The molecule has 6 nitrogen and oxygen atoms in total. The Morgan fingerprint density at radius 2 is 1.56 bits per heavy atom. The van der Waals surface area contributed by atoms with Gasteiger partial charge in [0, 0.05) is 0 Å². The molecule has 0 aliphatic carbocycles. The number of ether oxygens (including phenoxy) is 1. The van der Waals surface area contributed by atoms with Gasteiger partial charge in [0.25, 0.3) is 0 Å². The minimum absolute atomic E-state index is 0.181. The first kappa shape index (κ1) is 17.8. The lowest BCUT2D eigenvalue weighted by atomic mass is 10.1. The van der Waals surface area contributed by atoms with Gasteiger partial charge < -0.3 is 20.7 Å². The van der Waals surface area contributed by atoms with Gasteiger partial charge in [-0.1, -0.05) is 42.5 Å². The first-order chi connectivity index (χ1) is 12.0. The average Bonchev–Trinajstić information content (AvgIpc) is 2.61. The Balaban J connectivity index is 0.000000186. The van der Waals surface area contributed by atoms with Crippen LogP contribution in [-0.4, -0.2) is 22.3 Å². The molecule has 0 bridgehead atoms. The highest BCUT2D eigenvalue weighted by Gasteiger charge is 2.03. The van der Waals surface area contributed by atoms with Crippen molar-refractivity contribution < 1.29 is 24.5 Å². The summed E-state index contributed by atoms with van der Waals surface area (Å²) in [5.74, 6) is -0.763. The van der Waals surface area contributed by atoms with Crippen LogP contribution < -0.4 is 5.73 Å². The van der Waals surface area contributed by atoms with E-state index in [2.05, 4.69) is 4.74 Å². The number of hydrogen-bond acceptors (Lipinski definition) is 4. The monoisotopic (exact) mass is 339 g/mol. The van der Waals surface area contributed by atoms with Gasteiger partial charge in [-0.05, 0) is 40.6 Å². The van der Waals surface area contributed by atoms with Gasteiger partial charge in [0.2, 0.25) is 0 Å². The van der Waals surface area contributed by atoms with Gasteiger partial charge >= 0.3 is 12.1 Å². The fourth-order valence-electron chi connectivity index (χ4n) is 2.09. The number of rotatable bonds is 3. The van der Waals surface area contributed by atoms with E-state index < -0.39 is 12.1 Å². The second-order valence-corrected chi connectivity index (χ2v) is 5.14. The number of aromatic carboxylic acids is 1. The molecular formula is C19H17NO5. The second kappa shape index (κ2) is 8.35. The number of phenolic OH excluding ortho intramolecular Hbond substituents is 1. The summed E-state index contributed by atoms with van der Waals surface area (Å²) < 4.78 is 4.57. The Morgan fingerprint density at radius 3 is 2.20 bits per heavy atom. The van der Waals surface area contributed by atoms with E-state index in [1.165, 1.54) is 12.1 Å². The summed E-state index contributed by atoms with van der Waals surface area (Å²) in [4.78, 5) is 20.8. The van der Waals surface area contributed by atoms with E-state index in [9.17, 15) is 14.7 Å². The predicted molar refractivity (Wildman–Crippen MR) is 93.4 cm³/mol. The standard InChI is InChI=1S/C11H8O3.C8H9NO2/c12-10-4-3-7-5-9(11(13)14)2-1-8(7)6-10;9-8(10)11-6-7-4-2-1-3-5-7/h1-6,12H,(H,13,14);1-5H,6H2,(H2,9,10). The lowest BCUT2D eigenvalue weighted by molar-refractivity contribution is 0.0697. The molecule has 0 unspecified atom stereocenters. The predicted octanol–water partition coefficient (Wildman–Crippen LogP) is 3.53. The minimum Gasteiger partial charge on any atom is -0.508 e. The molecule has 25 heavy (non-hydrogen) atoms. The van der Waals surface area contributed by atoms with Crippen molar-refractivity contribution in [2.45, 2.75) is 6.61 Å². The van der Waals surface area contributed by atoms with E-state index in [0.29, 0.717) is 0 Å². The van der Waals surface area contributed by atoms with E-state index in [1.807, 2.05) is 30.3 Å². The number of fused-ring (bicyclic) bond motifs is 1. The Bertz CT molecular complexity index is 877. The van der Waals surface area contributed by atoms with Gasteiger partial charge in [-0.2, -0.15) is 0 Å². The van der Waals surface area contributed by atoms with Crippen LogP contribution in [0.5, 0.6) is 5.75 Å². The molecule has 1 amide bonds. The molecule has 0 radical (unpaired) electrons. The summed E-state index contributed by atoms with van der Waals surface area (Å²) in [7, 11) is 0. The molecule has 0 spiro atoms. The third kappa shape index (κ3) is 5.54. The van der Waals surface area contributed by atoms with E-state index in [4.69, 9.17) is 10.8 Å². The van der Waals surface area contributed by atoms with Crippen LogP contribution in [0.3, 0.4) is 0 Å². The maximum atomic E-state index is 10.7. The van der Waals surface area contributed by atoms with Crippen molar-refractivity contribution in [3.05, 3.63) is 77.9 Å². The SMILES string of the molecule is NC(=O)OCc1ccccc1.O=C(O)c1ccc2cc(O)ccc2c1. The number of aromatic hydroxyl groups is 1. The van der Waals surface area contributed by atoms with Crippen LogP contribution in [0.25, 0.3) is 10.8 Å². The van der Waals surface area contributed by atoms with Gasteiger partial charge in [-0.25, -0.2) is 9.59 Å². The Hall–Kier alpha value is -3.54. The van der Waals surface area contributed by atoms with Gasteiger partial charge in [0.05, 0.1) is 5.56 Å². The van der Waals surface area contributed by atoms with Crippen LogP contribution in [0.4, 0.5) is 4.79 Å². The number of amides is 1. The quantitative estimate of drug-likeness (QED) is 0.676. The zero-order valence-corrected chi connectivity index (χ0v) is 13.3. The van der Waals surface area contributed by atoms with Crippen molar-refractivity contribution in [2.75, 3.05) is 0 Å². The Morgan fingerprint density at radius 1 is 0.920 bits per heavy atom. The lowest BCUT2D eigenvalue weighted by Crippen LogP contribution is -2.12. The average molecular weight is 339 g/mol. The molecule has 3 rings (SSSR count). The van der Waals surface area contributed by atoms with Crippen molar-refractivity contribution in [1.82, 2.24) is 0 Å². The largest absolute Gasteiger partial charge is 0.508 e. The Kier molecular flexibility index (Phi) is 5.95. The molecule has 4 N–H and O–H groups in total. The minimum atomic E-state index is -0.944. The number of benzene rings is 3. The third-order valence-electron chi connectivity index (χ3n) is 3.29. The molecular weight excluding hydrogens is 322 g/mol. The van der Waals surface area contributed by atoms with Crippen molar-refractivity contribution in [2.24, 2.45) is 5.73 Å². The highest BCUT2D eigenvalue weighted by molar-refractivity contribution is 5.94. The number of carboxylic acid groups (broad SMARTS) is 1. The fraction of sp³-hybridized carbons (Fsp3) is 0.0526. The van der Waals surface area contributed by atoms with Crippen LogP contribution in [0.1, 0.15) is 15.9 Å². The zero-order chi connectivity index (χ0) is 18.2. The molecule has 0 saturated heterocycles. The van der Waals surface area contributed by atoms with E-state index >= 15 is 0 Å². The highest BCUT2D eigenvalue weighted by atomic mass is 16.5. The maximum Gasteiger partial charge on any atom is 0.404 e. The highest BCUT2D eigenvalue weighted by Crippen LogP contribution is 2.20. The molecule has 0 fully saturated rings. The number of carbonyl (C=O) groups is 2. The van der Waals surface area contributed by atoms with E-state index in [-0.39, 0.29) is 17.9 Å². The lowest BCUT2D eigenvalue weighted by Gasteiger charge is -2.00. The molecule has 6 heteroatoms. The summed E-state index contributed by atoms with van der Waals surface area (Å²) in [6, 6.07) is 19.0. The van der Waals surface area contributed by atoms with Crippen LogP contribution in [0.2, 0.25) is 0 Å². The van der Waals surface area contributed by atoms with Crippen molar-refractivity contribution >= 4 is 22.8 Å². The summed E-state index contributed by atoms with van der Waals surface area (Å²) in [5, 5.41) is 19.6. The molecule has 128 valence electrons. The molecule has 0 aliphatic heterocycles. The molecule has 0 aromatic heterocycles. The number of carboxylic acids is 1. The van der Waals surface area contributed by atoms with Crippen LogP contribution in [0.15, 0.2) is 66.7 Å². The first-order valence-corrected chi connectivity index (χ1v) is 7.38. The number of hydrogen-bond donors (Lipinski definition) is 3. The van der Waals surface area contributed by atoms with Crippen LogP contribution in [0, 0.1) is 0 Å². The van der Waals surface area contributed by atoms with Gasteiger partial charge in [0.1, 0.15) is 12.4 Å². The van der Waals surface area contributed by atoms with Gasteiger partial charge in [0.15, 0.2) is 0 Å². The third-order valence-corrected chi connectivity index (χ3v) is 3.29. The molecule has 0 saturated carbocycles. The van der Waals surface area contributed by atoms with E-state index in [0.717, 1.165) is 16.3 Å². The van der Waals surface area contributed by atoms with Crippen LogP contribution >= 0.6 is 0 Å². The molecule has 0 heterocycles.